The fraction of sp³-hybridized carbons (Fsp3) is 0.944. The van der Waals surface area contributed by atoms with Crippen LogP contribution in [0.2, 0.25) is 0 Å². The zero-order valence-corrected chi connectivity index (χ0v) is 13.7. The van der Waals surface area contributed by atoms with Crippen LogP contribution in [0.25, 0.3) is 0 Å². The van der Waals surface area contributed by atoms with E-state index in [1.54, 1.807) is 0 Å². The summed E-state index contributed by atoms with van der Waals surface area (Å²) in [4.78, 5) is 12.3. The van der Waals surface area contributed by atoms with E-state index in [2.05, 4.69) is 26.1 Å². The number of carbonyl (C=O) groups is 1. The predicted molar refractivity (Wildman–Crippen MR) is 84.5 cm³/mol. The Morgan fingerprint density at radius 2 is 1.55 bits per heavy atom. The highest BCUT2D eigenvalue weighted by atomic mass is 16.1. The van der Waals surface area contributed by atoms with Crippen molar-refractivity contribution in [1.82, 2.24) is 5.32 Å². The molecular formula is C18H33NO. The van der Waals surface area contributed by atoms with Gasteiger partial charge in [0.1, 0.15) is 0 Å². The SMILES string of the molecule is CC(C)(C)CC1CCC(NC(=O)C2CCCCC2)CC1. The van der Waals surface area contributed by atoms with E-state index in [1.807, 2.05) is 0 Å². The highest BCUT2D eigenvalue weighted by Crippen LogP contribution is 2.34. The van der Waals surface area contributed by atoms with Crippen LogP contribution < -0.4 is 5.32 Å². The third-order valence-electron chi connectivity index (χ3n) is 5.07. The van der Waals surface area contributed by atoms with Crippen molar-refractivity contribution in [3.05, 3.63) is 0 Å². The van der Waals surface area contributed by atoms with Crippen molar-refractivity contribution in [3.8, 4) is 0 Å². The summed E-state index contributed by atoms with van der Waals surface area (Å²) in [6.07, 6.45) is 12.4. The number of hydrogen-bond donors (Lipinski definition) is 1. The van der Waals surface area contributed by atoms with Gasteiger partial charge in [-0.15, -0.1) is 0 Å². The van der Waals surface area contributed by atoms with E-state index >= 15 is 0 Å². The van der Waals surface area contributed by atoms with Crippen LogP contribution in [0.3, 0.4) is 0 Å². The highest BCUT2D eigenvalue weighted by molar-refractivity contribution is 5.79. The molecule has 0 saturated heterocycles. The molecule has 0 bridgehead atoms. The van der Waals surface area contributed by atoms with E-state index in [4.69, 9.17) is 0 Å². The molecule has 2 aliphatic carbocycles. The molecule has 1 amide bonds. The summed E-state index contributed by atoms with van der Waals surface area (Å²) in [5.41, 5.74) is 0.447. The smallest absolute Gasteiger partial charge is 0.223 e. The first-order valence-electron chi connectivity index (χ1n) is 8.74. The molecule has 0 spiro atoms. The molecule has 0 aliphatic heterocycles. The topological polar surface area (TPSA) is 29.1 Å². The Kier molecular flexibility index (Phi) is 5.51. The molecular weight excluding hydrogens is 246 g/mol. The van der Waals surface area contributed by atoms with Gasteiger partial charge in [0, 0.05) is 12.0 Å². The maximum absolute atomic E-state index is 12.3. The van der Waals surface area contributed by atoms with Crippen molar-refractivity contribution in [3.63, 3.8) is 0 Å². The van der Waals surface area contributed by atoms with Gasteiger partial charge in [-0.25, -0.2) is 0 Å². The van der Waals surface area contributed by atoms with Gasteiger partial charge in [-0.1, -0.05) is 40.0 Å². The van der Waals surface area contributed by atoms with Crippen molar-refractivity contribution in [2.24, 2.45) is 17.3 Å². The minimum absolute atomic E-state index is 0.316. The number of hydrogen-bond acceptors (Lipinski definition) is 1. The van der Waals surface area contributed by atoms with Crippen molar-refractivity contribution in [2.45, 2.75) is 91.0 Å². The maximum Gasteiger partial charge on any atom is 0.223 e. The minimum atomic E-state index is 0.316. The standard InChI is InChI=1S/C18H33NO/c1-18(2,3)13-14-9-11-16(12-10-14)19-17(20)15-7-5-4-6-8-15/h14-16H,4-13H2,1-3H3,(H,19,20). The lowest BCUT2D eigenvalue weighted by atomic mass is 9.76. The molecule has 2 nitrogen and oxygen atoms in total. The van der Waals surface area contributed by atoms with E-state index in [9.17, 15) is 4.79 Å². The first kappa shape index (κ1) is 15.9. The molecule has 2 rings (SSSR count). The molecule has 0 unspecified atom stereocenters. The summed E-state index contributed by atoms with van der Waals surface area (Å²) < 4.78 is 0. The average molecular weight is 279 g/mol. The molecule has 0 aromatic carbocycles. The molecule has 2 fully saturated rings. The second kappa shape index (κ2) is 6.95. The largest absolute Gasteiger partial charge is 0.353 e. The van der Waals surface area contributed by atoms with Gasteiger partial charge in [-0.3, -0.25) is 4.79 Å². The number of amides is 1. The molecule has 0 radical (unpaired) electrons. The Hall–Kier alpha value is -0.530. The number of rotatable bonds is 3. The Balaban J connectivity index is 1.70. The molecule has 1 N–H and O–H groups in total. The Morgan fingerprint density at radius 3 is 2.10 bits per heavy atom. The van der Waals surface area contributed by atoms with Crippen LogP contribution in [-0.4, -0.2) is 11.9 Å². The van der Waals surface area contributed by atoms with E-state index in [0.29, 0.717) is 23.3 Å². The van der Waals surface area contributed by atoms with Crippen LogP contribution in [0.4, 0.5) is 0 Å². The summed E-state index contributed by atoms with van der Waals surface area (Å²) in [5, 5.41) is 3.33. The first-order chi connectivity index (χ1) is 9.44. The molecule has 0 aromatic heterocycles. The molecule has 116 valence electrons. The van der Waals surface area contributed by atoms with Gasteiger partial charge >= 0.3 is 0 Å². The lowest BCUT2D eigenvalue weighted by molar-refractivity contribution is -0.126. The molecule has 0 heterocycles. The molecule has 2 aliphatic rings. The van der Waals surface area contributed by atoms with Crippen LogP contribution in [0.5, 0.6) is 0 Å². The van der Waals surface area contributed by atoms with Crippen LogP contribution in [0.15, 0.2) is 0 Å². The Bertz CT molecular complexity index is 304. The van der Waals surface area contributed by atoms with Crippen LogP contribution in [0, 0.1) is 17.3 Å². The van der Waals surface area contributed by atoms with Gasteiger partial charge in [-0.2, -0.15) is 0 Å². The monoisotopic (exact) mass is 279 g/mol. The molecule has 2 heteroatoms. The van der Waals surface area contributed by atoms with Crippen LogP contribution >= 0.6 is 0 Å². The van der Waals surface area contributed by atoms with Crippen molar-refractivity contribution in [1.29, 1.82) is 0 Å². The number of nitrogens with one attached hydrogen (secondary N) is 1. The third-order valence-corrected chi connectivity index (χ3v) is 5.07. The lowest BCUT2D eigenvalue weighted by Crippen LogP contribution is -2.41. The summed E-state index contributed by atoms with van der Waals surface area (Å²) in [6.45, 7) is 7.01. The van der Waals surface area contributed by atoms with E-state index in [1.165, 1.54) is 51.4 Å². The highest BCUT2D eigenvalue weighted by Gasteiger charge is 2.28. The fourth-order valence-corrected chi connectivity index (χ4v) is 4.06. The second-order valence-corrected chi connectivity index (χ2v) is 8.33. The van der Waals surface area contributed by atoms with Crippen molar-refractivity contribution in [2.75, 3.05) is 0 Å². The second-order valence-electron chi connectivity index (χ2n) is 8.33. The van der Waals surface area contributed by atoms with Crippen molar-refractivity contribution < 1.29 is 4.79 Å². The van der Waals surface area contributed by atoms with Crippen molar-refractivity contribution >= 4 is 5.91 Å². The van der Waals surface area contributed by atoms with Gasteiger partial charge < -0.3 is 5.32 Å². The normalized spacial score (nSPS) is 29.1. The van der Waals surface area contributed by atoms with E-state index < -0.39 is 0 Å². The molecule has 2 saturated carbocycles. The first-order valence-corrected chi connectivity index (χ1v) is 8.74. The maximum atomic E-state index is 12.3. The van der Waals surface area contributed by atoms with E-state index in [0.717, 1.165) is 18.8 Å². The summed E-state index contributed by atoms with van der Waals surface area (Å²) >= 11 is 0. The summed E-state index contributed by atoms with van der Waals surface area (Å²) in [6, 6.07) is 0.459. The van der Waals surface area contributed by atoms with Crippen LogP contribution in [-0.2, 0) is 4.79 Å². The molecule has 20 heavy (non-hydrogen) atoms. The summed E-state index contributed by atoms with van der Waals surface area (Å²) in [7, 11) is 0. The minimum Gasteiger partial charge on any atom is -0.353 e. The van der Waals surface area contributed by atoms with Gasteiger partial charge in [0.2, 0.25) is 5.91 Å². The Morgan fingerprint density at radius 1 is 0.950 bits per heavy atom. The Labute approximate surface area is 125 Å². The van der Waals surface area contributed by atoms with Gasteiger partial charge in [0.15, 0.2) is 0 Å². The van der Waals surface area contributed by atoms with E-state index in [-0.39, 0.29) is 0 Å². The zero-order valence-electron chi connectivity index (χ0n) is 13.7. The molecule has 0 aromatic rings. The van der Waals surface area contributed by atoms with Crippen LogP contribution in [0.1, 0.15) is 85.0 Å². The summed E-state index contributed by atoms with van der Waals surface area (Å²) in [5.74, 6) is 1.54. The zero-order chi connectivity index (χ0) is 14.6. The lowest BCUT2D eigenvalue weighted by Gasteiger charge is -2.33. The van der Waals surface area contributed by atoms with Gasteiger partial charge in [0.05, 0.1) is 0 Å². The average Bonchev–Trinajstić information content (AvgIpc) is 2.40. The van der Waals surface area contributed by atoms with Gasteiger partial charge in [0.25, 0.3) is 0 Å². The third kappa shape index (κ3) is 5.10. The quantitative estimate of drug-likeness (QED) is 0.798. The predicted octanol–water partition coefficient (Wildman–Crippen LogP) is 4.68. The number of carbonyl (C=O) groups excluding carboxylic acids is 1. The molecule has 0 atom stereocenters. The van der Waals surface area contributed by atoms with Gasteiger partial charge in [-0.05, 0) is 56.3 Å². The fourth-order valence-electron chi connectivity index (χ4n) is 4.06.